The first-order chi connectivity index (χ1) is 13.6. The Morgan fingerprint density at radius 2 is 1.76 bits per heavy atom. The van der Waals surface area contributed by atoms with E-state index in [9.17, 15) is 30.8 Å². The number of nitrogens with zero attached hydrogens (tertiary/aromatic N) is 1. The number of carbonyl (C=O) groups excluding carboxylic acids is 1. The lowest BCUT2D eigenvalue weighted by atomic mass is 9.95. The second kappa shape index (κ2) is 8.10. The van der Waals surface area contributed by atoms with Crippen LogP contribution in [0.1, 0.15) is 41.6 Å². The first-order valence-corrected chi connectivity index (χ1v) is 10.5. The Bertz CT molecular complexity index is 1000. The number of rotatable bonds is 4. The van der Waals surface area contributed by atoms with Crippen molar-refractivity contribution in [2.24, 2.45) is 0 Å². The third-order valence-electron chi connectivity index (χ3n) is 4.93. The molecule has 0 saturated heterocycles. The third kappa shape index (κ3) is 4.92. The van der Waals surface area contributed by atoms with Crippen LogP contribution in [0.25, 0.3) is 0 Å². The van der Waals surface area contributed by atoms with E-state index in [2.05, 4.69) is 10.3 Å². The Balaban J connectivity index is 1.65. The summed E-state index contributed by atoms with van der Waals surface area (Å²) in [4.78, 5) is 15.2. The molecule has 2 aromatic rings. The Labute approximate surface area is 165 Å². The molecule has 1 heterocycles. The molecule has 1 aliphatic carbocycles. The van der Waals surface area contributed by atoms with E-state index < -0.39 is 38.7 Å². The maximum absolute atomic E-state index is 13.1. The number of halogens is 4. The number of nitrogens with one attached hydrogen (secondary N) is 1. The molecular weight excluding hydrogens is 412 g/mol. The SMILES string of the molecule is O=C(N[C@H]1CC[C@H](S(=O)(=O)c2cccc(C(F)(F)F)c2)CC1)c1ccnc(F)c1. The van der Waals surface area contributed by atoms with Gasteiger partial charge in [-0.05, 0) is 49.9 Å². The Hall–Kier alpha value is -2.49. The minimum Gasteiger partial charge on any atom is -0.349 e. The average molecular weight is 430 g/mol. The van der Waals surface area contributed by atoms with Crippen molar-refractivity contribution in [3.8, 4) is 0 Å². The zero-order valence-corrected chi connectivity index (χ0v) is 15.9. The Morgan fingerprint density at radius 3 is 2.38 bits per heavy atom. The van der Waals surface area contributed by atoms with Crippen LogP contribution in [-0.2, 0) is 16.0 Å². The van der Waals surface area contributed by atoms with Gasteiger partial charge in [-0.15, -0.1) is 0 Å². The maximum Gasteiger partial charge on any atom is 0.416 e. The molecule has 1 aromatic carbocycles. The topological polar surface area (TPSA) is 76.1 Å². The first-order valence-electron chi connectivity index (χ1n) is 8.91. The van der Waals surface area contributed by atoms with Crippen LogP contribution in [0.4, 0.5) is 17.6 Å². The lowest BCUT2D eigenvalue weighted by Gasteiger charge is -2.29. The van der Waals surface area contributed by atoms with Crippen LogP contribution < -0.4 is 5.32 Å². The number of alkyl halides is 3. The third-order valence-corrected chi connectivity index (χ3v) is 7.19. The van der Waals surface area contributed by atoms with Gasteiger partial charge in [-0.25, -0.2) is 13.4 Å². The summed E-state index contributed by atoms with van der Waals surface area (Å²) < 4.78 is 77.2. The molecule has 0 spiro atoms. The van der Waals surface area contributed by atoms with Gasteiger partial charge in [0.2, 0.25) is 5.95 Å². The van der Waals surface area contributed by atoms with Crippen LogP contribution in [0.15, 0.2) is 47.5 Å². The lowest BCUT2D eigenvalue weighted by molar-refractivity contribution is -0.137. The van der Waals surface area contributed by atoms with Crippen molar-refractivity contribution >= 4 is 15.7 Å². The lowest BCUT2D eigenvalue weighted by Crippen LogP contribution is -2.40. The van der Waals surface area contributed by atoms with Crippen LogP contribution in [-0.4, -0.2) is 30.6 Å². The van der Waals surface area contributed by atoms with Gasteiger partial charge in [0, 0.05) is 23.9 Å². The highest BCUT2D eigenvalue weighted by atomic mass is 32.2. The van der Waals surface area contributed by atoms with Crippen LogP contribution in [0, 0.1) is 5.95 Å². The van der Waals surface area contributed by atoms with Crippen molar-refractivity contribution in [2.75, 3.05) is 0 Å². The first kappa shape index (κ1) is 21.2. The fraction of sp³-hybridized carbons (Fsp3) is 0.368. The molecule has 1 amide bonds. The minimum absolute atomic E-state index is 0.108. The molecule has 0 atom stereocenters. The second-order valence-corrected chi connectivity index (χ2v) is 9.11. The normalized spacial score (nSPS) is 20.3. The molecule has 10 heteroatoms. The van der Waals surface area contributed by atoms with Crippen LogP contribution in [0.2, 0.25) is 0 Å². The van der Waals surface area contributed by atoms with E-state index in [0.29, 0.717) is 18.9 Å². The molecule has 1 aromatic heterocycles. The zero-order valence-electron chi connectivity index (χ0n) is 15.1. The molecule has 0 radical (unpaired) electrons. The van der Waals surface area contributed by atoms with Gasteiger partial charge in [0.15, 0.2) is 9.84 Å². The summed E-state index contributed by atoms with van der Waals surface area (Å²) in [5, 5.41) is 1.90. The predicted molar refractivity (Wildman–Crippen MR) is 96.3 cm³/mol. The van der Waals surface area contributed by atoms with Gasteiger partial charge in [-0.3, -0.25) is 4.79 Å². The summed E-state index contributed by atoms with van der Waals surface area (Å²) in [6, 6.07) is 5.79. The van der Waals surface area contributed by atoms with E-state index in [4.69, 9.17) is 0 Å². The van der Waals surface area contributed by atoms with Gasteiger partial charge in [-0.1, -0.05) is 6.07 Å². The number of benzene rings is 1. The zero-order chi connectivity index (χ0) is 21.2. The van der Waals surface area contributed by atoms with Crippen molar-refractivity contribution in [2.45, 2.75) is 48.0 Å². The summed E-state index contributed by atoms with van der Waals surface area (Å²) in [5.74, 6) is -1.27. The highest BCUT2D eigenvalue weighted by Crippen LogP contribution is 2.33. The number of sulfone groups is 1. The number of hydrogen-bond donors (Lipinski definition) is 1. The molecule has 1 aliphatic rings. The molecule has 0 bridgehead atoms. The van der Waals surface area contributed by atoms with E-state index in [1.807, 2.05) is 0 Å². The van der Waals surface area contributed by atoms with Crippen molar-refractivity contribution in [3.05, 3.63) is 59.7 Å². The average Bonchev–Trinajstić information content (AvgIpc) is 2.68. The van der Waals surface area contributed by atoms with Gasteiger partial charge in [-0.2, -0.15) is 17.6 Å². The number of pyridine rings is 1. The minimum atomic E-state index is -4.63. The van der Waals surface area contributed by atoms with E-state index in [-0.39, 0.29) is 29.3 Å². The number of carbonyl (C=O) groups is 1. The highest BCUT2D eigenvalue weighted by Gasteiger charge is 2.35. The van der Waals surface area contributed by atoms with E-state index in [1.165, 1.54) is 12.3 Å². The standard InChI is InChI=1S/C19H18F4N2O3S/c20-17-10-12(8-9-24-17)18(26)25-14-4-6-15(7-5-14)29(27,28)16-3-1-2-13(11-16)19(21,22)23/h1-3,8-11,14-15H,4-7H2,(H,25,26)/t14-,15-. The van der Waals surface area contributed by atoms with E-state index in [1.54, 1.807) is 0 Å². The molecule has 5 nitrogen and oxygen atoms in total. The fourth-order valence-electron chi connectivity index (χ4n) is 3.37. The summed E-state index contributed by atoms with van der Waals surface area (Å²) in [6.45, 7) is 0. The summed E-state index contributed by atoms with van der Waals surface area (Å²) in [7, 11) is -3.93. The van der Waals surface area contributed by atoms with E-state index in [0.717, 1.165) is 24.3 Å². The van der Waals surface area contributed by atoms with Gasteiger partial charge < -0.3 is 5.32 Å². The number of aromatic nitrogens is 1. The van der Waals surface area contributed by atoms with Crippen molar-refractivity contribution < 1.29 is 30.8 Å². The van der Waals surface area contributed by atoms with E-state index >= 15 is 0 Å². The van der Waals surface area contributed by atoms with Crippen molar-refractivity contribution in [3.63, 3.8) is 0 Å². The molecule has 0 aliphatic heterocycles. The number of amides is 1. The summed E-state index contributed by atoms with van der Waals surface area (Å²) in [6.07, 6.45) is -2.35. The van der Waals surface area contributed by atoms with Gasteiger partial charge in [0.1, 0.15) is 0 Å². The monoisotopic (exact) mass is 430 g/mol. The quantitative estimate of drug-likeness (QED) is 0.592. The molecule has 3 rings (SSSR count). The predicted octanol–water partition coefficient (Wildman–Crippen LogP) is 3.75. The molecule has 29 heavy (non-hydrogen) atoms. The van der Waals surface area contributed by atoms with Crippen LogP contribution in [0.5, 0.6) is 0 Å². The molecule has 156 valence electrons. The highest BCUT2D eigenvalue weighted by molar-refractivity contribution is 7.92. The van der Waals surface area contributed by atoms with Gasteiger partial charge in [0.25, 0.3) is 5.91 Å². The summed E-state index contributed by atoms with van der Waals surface area (Å²) >= 11 is 0. The summed E-state index contributed by atoms with van der Waals surface area (Å²) in [5.41, 5.74) is -0.902. The molecule has 0 unspecified atom stereocenters. The Kier molecular flexibility index (Phi) is 5.92. The Morgan fingerprint density at radius 1 is 1.07 bits per heavy atom. The second-order valence-electron chi connectivity index (χ2n) is 6.88. The van der Waals surface area contributed by atoms with Gasteiger partial charge >= 0.3 is 6.18 Å². The van der Waals surface area contributed by atoms with Gasteiger partial charge in [0.05, 0.1) is 15.7 Å². The number of hydrogen-bond acceptors (Lipinski definition) is 4. The fourth-order valence-corrected chi connectivity index (χ4v) is 5.21. The van der Waals surface area contributed by atoms with Crippen LogP contribution >= 0.6 is 0 Å². The smallest absolute Gasteiger partial charge is 0.349 e. The van der Waals surface area contributed by atoms with Crippen LogP contribution in [0.3, 0.4) is 0 Å². The molecule has 1 saturated carbocycles. The molecule has 1 fully saturated rings. The molecule has 1 N–H and O–H groups in total. The largest absolute Gasteiger partial charge is 0.416 e. The van der Waals surface area contributed by atoms with Crippen molar-refractivity contribution in [1.82, 2.24) is 10.3 Å². The van der Waals surface area contributed by atoms with Crippen molar-refractivity contribution in [1.29, 1.82) is 0 Å². The maximum atomic E-state index is 13.1. The molecular formula is C19H18F4N2O3S.